The maximum atomic E-state index is 13.1. The monoisotopic (exact) mass is 250 g/mol. The fraction of sp³-hybridized carbons (Fsp3) is 0.143. The van der Waals surface area contributed by atoms with Gasteiger partial charge in [0.25, 0.3) is 0 Å². The smallest absolute Gasteiger partial charge is 0.155 e. The molecule has 0 aromatic heterocycles. The molecule has 0 unspecified atom stereocenters. The second-order valence-electron chi connectivity index (χ2n) is 2.28. The van der Waals surface area contributed by atoms with Crippen LogP contribution in [0.5, 0.6) is 5.75 Å². The molecule has 4 N–H and O–H groups in total. The Labute approximate surface area is 82.6 Å². The molecule has 0 aliphatic carbocycles. The lowest BCUT2D eigenvalue weighted by molar-refractivity contribution is 0.269. The lowest BCUT2D eigenvalue weighted by Gasteiger charge is -2.10. The Morgan fingerprint density at radius 1 is 1.69 bits per heavy atom. The summed E-state index contributed by atoms with van der Waals surface area (Å²) in [5, 5.41) is 9.30. The second-order valence-corrected chi connectivity index (χ2v) is 3.14. The number of benzene rings is 1. The molecule has 72 valence electrons. The number of phenolic OH excluding ortho intramolecular Hbond substituents is 1. The molecule has 0 saturated carbocycles. The summed E-state index contributed by atoms with van der Waals surface area (Å²) in [6, 6.07) is 1.09. The minimum absolute atomic E-state index is 0.0804. The highest BCUT2D eigenvalue weighted by molar-refractivity contribution is 9.10. The van der Waals surface area contributed by atoms with E-state index in [1.165, 1.54) is 7.11 Å². The van der Waals surface area contributed by atoms with Crippen LogP contribution in [0, 0.1) is 5.82 Å². The van der Waals surface area contributed by atoms with Crippen LogP contribution >= 0.6 is 15.9 Å². The number of halogens is 2. The largest absolute Gasteiger partial charge is 0.505 e. The first kappa shape index (κ1) is 10.1. The van der Waals surface area contributed by atoms with Crippen LogP contribution in [0.25, 0.3) is 0 Å². The van der Waals surface area contributed by atoms with E-state index < -0.39 is 5.82 Å². The van der Waals surface area contributed by atoms with E-state index >= 15 is 0 Å². The van der Waals surface area contributed by atoms with Gasteiger partial charge in [-0.3, -0.25) is 10.3 Å². The van der Waals surface area contributed by atoms with Gasteiger partial charge in [0.15, 0.2) is 11.6 Å². The van der Waals surface area contributed by atoms with Gasteiger partial charge in [-0.2, -0.15) is 0 Å². The van der Waals surface area contributed by atoms with E-state index in [0.717, 1.165) is 6.07 Å². The van der Waals surface area contributed by atoms with Gasteiger partial charge in [0.05, 0.1) is 11.6 Å². The number of phenols is 1. The first-order valence-corrected chi connectivity index (χ1v) is 4.12. The number of aromatic hydroxyl groups is 1. The van der Waals surface area contributed by atoms with Crippen molar-refractivity contribution in [2.45, 2.75) is 0 Å². The number of nitrogens with one attached hydrogen (secondary N) is 1. The van der Waals surface area contributed by atoms with Crippen molar-refractivity contribution in [2.24, 2.45) is 0 Å². The average molecular weight is 251 g/mol. The molecule has 0 bridgehead atoms. The number of rotatable bonds is 2. The number of nitrogen functional groups attached to an aromatic ring is 1. The molecule has 0 aliphatic rings. The summed E-state index contributed by atoms with van der Waals surface area (Å²) in [4.78, 5) is 4.49. The van der Waals surface area contributed by atoms with Crippen LogP contribution in [0.1, 0.15) is 0 Å². The predicted molar refractivity (Wildman–Crippen MR) is 50.8 cm³/mol. The van der Waals surface area contributed by atoms with Gasteiger partial charge in [-0.25, -0.2) is 4.39 Å². The Hall–Kier alpha value is -1.01. The fourth-order valence-corrected chi connectivity index (χ4v) is 1.25. The Morgan fingerprint density at radius 2 is 2.31 bits per heavy atom. The van der Waals surface area contributed by atoms with Crippen LogP contribution in [0.3, 0.4) is 0 Å². The van der Waals surface area contributed by atoms with Crippen LogP contribution in [-0.2, 0) is 4.84 Å². The van der Waals surface area contributed by atoms with Gasteiger partial charge in [-0.1, -0.05) is 0 Å². The number of anilines is 2. The topological polar surface area (TPSA) is 67.5 Å². The van der Waals surface area contributed by atoms with Crippen molar-refractivity contribution < 1.29 is 14.3 Å². The lowest BCUT2D eigenvalue weighted by Crippen LogP contribution is -2.03. The molecule has 0 atom stereocenters. The van der Waals surface area contributed by atoms with Crippen molar-refractivity contribution >= 4 is 27.3 Å². The van der Waals surface area contributed by atoms with Gasteiger partial charge < -0.3 is 10.8 Å². The van der Waals surface area contributed by atoms with Gasteiger partial charge in [-0.15, -0.1) is 0 Å². The summed E-state index contributed by atoms with van der Waals surface area (Å²) in [5.41, 5.74) is 7.46. The maximum absolute atomic E-state index is 13.1. The minimum Gasteiger partial charge on any atom is -0.505 e. The molecule has 6 heteroatoms. The molecule has 4 nitrogen and oxygen atoms in total. The molecule has 1 aromatic rings. The normalized spacial score (nSPS) is 10.1. The molecular weight excluding hydrogens is 243 g/mol. The Bertz CT molecular complexity index is 333. The summed E-state index contributed by atoms with van der Waals surface area (Å²) < 4.78 is 13.3. The van der Waals surface area contributed by atoms with Gasteiger partial charge >= 0.3 is 0 Å². The zero-order valence-corrected chi connectivity index (χ0v) is 8.35. The van der Waals surface area contributed by atoms with Gasteiger partial charge in [-0.05, 0) is 22.0 Å². The molecule has 1 aromatic carbocycles. The minimum atomic E-state index is -0.607. The second kappa shape index (κ2) is 3.80. The van der Waals surface area contributed by atoms with Crippen LogP contribution in [0.15, 0.2) is 10.5 Å². The standard InChI is InChI=1S/C7H8BrFN2O2/c1-13-11-6-4(9)2-3(8)7(12)5(6)10/h2,11-12H,10H2,1H3. The van der Waals surface area contributed by atoms with Crippen LogP contribution in [-0.4, -0.2) is 12.2 Å². The first-order chi connectivity index (χ1) is 6.07. The number of nitrogens with two attached hydrogens (primary N) is 1. The van der Waals surface area contributed by atoms with E-state index in [9.17, 15) is 9.50 Å². The van der Waals surface area contributed by atoms with Crippen molar-refractivity contribution in [1.82, 2.24) is 0 Å². The highest BCUT2D eigenvalue weighted by atomic mass is 79.9. The van der Waals surface area contributed by atoms with Crippen molar-refractivity contribution in [3.05, 3.63) is 16.4 Å². The molecule has 0 amide bonds. The zero-order valence-electron chi connectivity index (χ0n) is 6.77. The van der Waals surface area contributed by atoms with E-state index in [0.29, 0.717) is 0 Å². The van der Waals surface area contributed by atoms with Gasteiger partial charge in [0.2, 0.25) is 0 Å². The van der Waals surface area contributed by atoms with Crippen LogP contribution in [0.2, 0.25) is 0 Å². The van der Waals surface area contributed by atoms with E-state index in [1.54, 1.807) is 0 Å². The number of hydrogen-bond donors (Lipinski definition) is 3. The molecule has 0 heterocycles. The zero-order chi connectivity index (χ0) is 10.0. The Kier molecular flexibility index (Phi) is 2.94. The van der Waals surface area contributed by atoms with Crippen LogP contribution in [0.4, 0.5) is 15.8 Å². The van der Waals surface area contributed by atoms with E-state index in [-0.39, 0.29) is 21.6 Å². The van der Waals surface area contributed by atoms with Crippen LogP contribution < -0.4 is 11.2 Å². The summed E-state index contributed by atoms with van der Waals surface area (Å²) >= 11 is 2.94. The molecule has 13 heavy (non-hydrogen) atoms. The quantitative estimate of drug-likeness (QED) is 0.426. The summed E-state index contributed by atoms with van der Waals surface area (Å²) in [5.74, 6) is -0.829. The van der Waals surface area contributed by atoms with Crippen molar-refractivity contribution in [2.75, 3.05) is 18.3 Å². The van der Waals surface area contributed by atoms with E-state index in [1.807, 2.05) is 0 Å². The summed E-state index contributed by atoms with van der Waals surface area (Å²) in [6.45, 7) is 0. The summed E-state index contributed by atoms with van der Waals surface area (Å²) in [6.07, 6.45) is 0. The molecule has 0 spiro atoms. The molecule has 1 rings (SSSR count). The van der Waals surface area contributed by atoms with Crippen molar-refractivity contribution in [3.63, 3.8) is 0 Å². The first-order valence-electron chi connectivity index (χ1n) is 3.33. The van der Waals surface area contributed by atoms with E-state index in [2.05, 4.69) is 26.2 Å². The highest BCUT2D eigenvalue weighted by Gasteiger charge is 2.13. The molecule has 0 aliphatic heterocycles. The Morgan fingerprint density at radius 3 is 2.85 bits per heavy atom. The lowest BCUT2D eigenvalue weighted by atomic mass is 10.2. The Balaban J connectivity index is 3.26. The SMILES string of the molecule is CONc1c(F)cc(Br)c(O)c1N. The fourth-order valence-electron chi connectivity index (χ4n) is 0.833. The van der Waals surface area contributed by atoms with Crippen molar-refractivity contribution in [3.8, 4) is 5.75 Å². The number of hydrogen-bond acceptors (Lipinski definition) is 4. The third kappa shape index (κ3) is 1.84. The van der Waals surface area contributed by atoms with Crippen molar-refractivity contribution in [1.29, 1.82) is 0 Å². The highest BCUT2D eigenvalue weighted by Crippen LogP contribution is 2.37. The van der Waals surface area contributed by atoms with Gasteiger partial charge in [0.1, 0.15) is 11.4 Å². The summed E-state index contributed by atoms with van der Waals surface area (Å²) in [7, 11) is 1.32. The van der Waals surface area contributed by atoms with Gasteiger partial charge in [0, 0.05) is 0 Å². The molecular formula is C7H8BrFN2O2. The average Bonchev–Trinajstić information content (AvgIpc) is 2.09. The van der Waals surface area contributed by atoms with E-state index in [4.69, 9.17) is 5.73 Å². The molecule has 0 saturated heterocycles. The molecule has 0 fully saturated rings. The molecule has 0 radical (unpaired) electrons. The maximum Gasteiger partial charge on any atom is 0.155 e. The predicted octanol–water partition coefficient (Wildman–Crippen LogP) is 1.85. The third-order valence-electron chi connectivity index (χ3n) is 1.45. The third-order valence-corrected chi connectivity index (χ3v) is 2.05.